The van der Waals surface area contributed by atoms with Gasteiger partial charge in [0.2, 0.25) is 5.95 Å². The molecule has 3 rings (SSSR count). The average molecular weight is 340 g/mol. The van der Waals surface area contributed by atoms with Crippen LogP contribution < -0.4 is 5.32 Å². The first-order valence-corrected chi connectivity index (χ1v) is 8.10. The number of carbonyl (C=O) groups excluding carboxylic acids is 1. The molecule has 0 bridgehead atoms. The number of nitrogens with one attached hydrogen (secondary N) is 2. The van der Waals surface area contributed by atoms with Gasteiger partial charge in [0.1, 0.15) is 18.2 Å². The number of rotatable bonds is 7. The van der Waals surface area contributed by atoms with Crippen molar-refractivity contribution in [1.82, 2.24) is 35.4 Å². The first-order chi connectivity index (χ1) is 12.1. The van der Waals surface area contributed by atoms with E-state index < -0.39 is 6.04 Å². The van der Waals surface area contributed by atoms with Gasteiger partial charge < -0.3 is 0 Å². The molecular formula is C16H20N8O. The predicted molar refractivity (Wildman–Crippen MR) is 90.6 cm³/mol. The zero-order valence-corrected chi connectivity index (χ0v) is 14.1. The number of nitrogens with zero attached hydrogens (tertiary/aromatic N) is 6. The highest BCUT2D eigenvalue weighted by Gasteiger charge is 2.23. The van der Waals surface area contributed by atoms with E-state index in [9.17, 15) is 4.79 Å². The Morgan fingerprint density at radius 2 is 2.04 bits per heavy atom. The highest BCUT2D eigenvalue weighted by molar-refractivity contribution is 5.92. The maximum Gasteiger partial charge on any atom is 0.252 e. The van der Waals surface area contributed by atoms with Crippen molar-refractivity contribution in [1.29, 1.82) is 0 Å². The standard InChI is InChI=1S/C16H20N8O/c1-11(2)8-14-18-16(21-20-14)19-15(25)13(24-10-17-22-23-24)9-12-6-4-3-5-7-12/h3-7,10-11,13H,8-9H2,1-2H3,(H2,18,19,20,21,25). The van der Waals surface area contributed by atoms with Gasteiger partial charge in [-0.3, -0.25) is 15.2 Å². The Labute approximate surface area is 144 Å². The summed E-state index contributed by atoms with van der Waals surface area (Å²) in [6.07, 6.45) is 2.65. The second-order valence-electron chi connectivity index (χ2n) is 6.19. The van der Waals surface area contributed by atoms with Gasteiger partial charge in [-0.15, -0.1) is 10.2 Å². The van der Waals surface area contributed by atoms with Crippen molar-refractivity contribution >= 4 is 11.9 Å². The molecule has 0 saturated heterocycles. The molecule has 1 unspecified atom stereocenters. The van der Waals surface area contributed by atoms with Crippen molar-refractivity contribution in [3.05, 3.63) is 48.0 Å². The monoisotopic (exact) mass is 340 g/mol. The molecular weight excluding hydrogens is 320 g/mol. The van der Waals surface area contributed by atoms with Gasteiger partial charge in [-0.1, -0.05) is 44.2 Å². The fraction of sp³-hybridized carbons (Fsp3) is 0.375. The van der Waals surface area contributed by atoms with E-state index >= 15 is 0 Å². The molecule has 1 aromatic carbocycles. The lowest BCUT2D eigenvalue weighted by molar-refractivity contribution is -0.119. The number of tetrazole rings is 1. The molecule has 0 aliphatic heterocycles. The summed E-state index contributed by atoms with van der Waals surface area (Å²) in [5.74, 6) is 1.17. The van der Waals surface area contributed by atoms with E-state index in [0.29, 0.717) is 12.3 Å². The molecule has 3 aromatic rings. The van der Waals surface area contributed by atoms with Gasteiger partial charge in [-0.2, -0.15) is 4.98 Å². The highest BCUT2D eigenvalue weighted by atomic mass is 16.2. The molecule has 9 heteroatoms. The second kappa shape index (κ2) is 7.65. The average Bonchev–Trinajstić information content (AvgIpc) is 3.25. The smallest absolute Gasteiger partial charge is 0.252 e. The number of hydrogen-bond acceptors (Lipinski definition) is 6. The molecule has 0 radical (unpaired) electrons. The van der Waals surface area contributed by atoms with Gasteiger partial charge in [-0.05, 0) is 21.9 Å². The quantitative estimate of drug-likeness (QED) is 0.672. The molecule has 1 atom stereocenters. The SMILES string of the molecule is CC(C)Cc1nc(NC(=O)C(Cc2ccccc2)n2cnnn2)n[nH]1. The number of benzene rings is 1. The van der Waals surface area contributed by atoms with Crippen LogP contribution in [0.1, 0.15) is 31.3 Å². The van der Waals surface area contributed by atoms with Gasteiger partial charge in [0.25, 0.3) is 5.91 Å². The van der Waals surface area contributed by atoms with Crippen molar-refractivity contribution in [2.45, 2.75) is 32.7 Å². The summed E-state index contributed by atoms with van der Waals surface area (Å²) < 4.78 is 1.43. The molecule has 0 fully saturated rings. The van der Waals surface area contributed by atoms with Crippen molar-refractivity contribution < 1.29 is 4.79 Å². The van der Waals surface area contributed by atoms with Crippen molar-refractivity contribution in [2.75, 3.05) is 5.32 Å². The van der Waals surface area contributed by atoms with E-state index in [1.807, 2.05) is 30.3 Å². The van der Waals surface area contributed by atoms with Crippen LogP contribution in [0, 0.1) is 5.92 Å². The van der Waals surface area contributed by atoms with Crippen molar-refractivity contribution in [3.8, 4) is 0 Å². The summed E-state index contributed by atoms with van der Waals surface area (Å²) in [5, 5.41) is 20.7. The van der Waals surface area contributed by atoms with Gasteiger partial charge in [0, 0.05) is 12.8 Å². The Kier molecular flexibility index (Phi) is 5.12. The molecule has 0 aliphatic rings. The molecule has 25 heavy (non-hydrogen) atoms. The Balaban J connectivity index is 1.74. The first-order valence-electron chi connectivity index (χ1n) is 8.10. The third-order valence-corrected chi connectivity index (χ3v) is 3.63. The number of aromatic nitrogens is 7. The minimum Gasteiger partial charge on any atom is -0.291 e. The normalized spacial score (nSPS) is 12.3. The molecule has 9 nitrogen and oxygen atoms in total. The number of anilines is 1. The lowest BCUT2D eigenvalue weighted by atomic mass is 10.1. The maximum absolute atomic E-state index is 12.7. The van der Waals surface area contributed by atoms with Gasteiger partial charge >= 0.3 is 0 Å². The molecule has 0 spiro atoms. The summed E-state index contributed by atoms with van der Waals surface area (Å²) in [6, 6.07) is 9.11. The summed E-state index contributed by atoms with van der Waals surface area (Å²) in [7, 11) is 0. The van der Waals surface area contributed by atoms with Crippen molar-refractivity contribution in [2.24, 2.45) is 5.92 Å². The molecule has 130 valence electrons. The lowest BCUT2D eigenvalue weighted by Crippen LogP contribution is -2.28. The van der Waals surface area contributed by atoms with Gasteiger partial charge in [0.05, 0.1) is 0 Å². The van der Waals surface area contributed by atoms with Crippen LogP contribution in [-0.4, -0.2) is 41.3 Å². The number of aromatic amines is 1. The minimum atomic E-state index is -0.593. The number of hydrogen-bond donors (Lipinski definition) is 2. The highest BCUT2D eigenvalue weighted by Crippen LogP contribution is 2.15. The van der Waals surface area contributed by atoms with E-state index in [2.05, 4.69) is 49.9 Å². The van der Waals surface area contributed by atoms with E-state index in [1.165, 1.54) is 11.0 Å². The fourth-order valence-electron chi connectivity index (χ4n) is 2.48. The fourth-order valence-corrected chi connectivity index (χ4v) is 2.48. The topological polar surface area (TPSA) is 114 Å². The largest absolute Gasteiger partial charge is 0.291 e. The number of amides is 1. The zero-order valence-electron chi connectivity index (χ0n) is 14.1. The Bertz CT molecular complexity index is 797. The van der Waals surface area contributed by atoms with Crippen molar-refractivity contribution in [3.63, 3.8) is 0 Å². The van der Waals surface area contributed by atoms with Crippen LogP contribution in [0.25, 0.3) is 0 Å². The molecule has 2 N–H and O–H groups in total. The number of H-pyrrole nitrogens is 1. The maximum atomic E-state index is 12.7. The lowest BCUT2D eigenvalue weighted by Gasteiger charge is -2.15. The van der Waals surface area contributed by atoms with Crippen LogP contribution in [0.2, 0.25) is 0 Å². The van der Waals surface area contributed by atoms with Crippen LogP contribution in [0.5, 0.6) is 0 Å². The van der Waals surface area contributed by atoms with Gasteiger partial charge in [-0.25, -0.2) is 4.68 Å². The minimum absolute atomic E-state index is 0.256. The Morgan fingerprint density at radius 3 is 2.72 bits per heavy atom. The summed E-state index contributed by atoms with van der Waals surface area (Å²) in [5.41, 5.74) is 1.01. The first kappa shape index (κ1) is 16.7. The molecule has 0 saturated carbocycles. The number of carbonyl (C=O) groups is 1. The molecule has 2 aromatic heterocycles. The van der Waals surface area contributed by atoms with Crippen LogP contribution in [0.15, 0.2) is 36.7 Å². The van der Waals surface area contributed by atoms with Crippen LogP contribution in [0.3, 0.4) is 0 Å². The van der Waals surface area contributed by atoms with E-state index in [1.54, 1.807) is 0 Å². The Morgan fingerprint density at radius 1 is 1.24 bits per heavy atom. The summed E-state index contributed by atoms with van der Waals surface area (Å²) in [4.78, 5) is 17.0. The molecule has 0 aliphatic carbocycles. The van der Waals surface area contributed by atoms with E-state index in [4.69, 9.17) is 0 Å². The van der Waals surface area contributed by atoms with E-state index in [-0.39, 0.29) is 11.9 Å². The molecule has 1 amide bonds. The second-order valence-corrected chi connectivity index (χ2v) is 6.19. The predicted octanol–water partition coefficient (Wildman–Crippen LogP) is 1.41. The van der Waals surface area contributed by atoms with Crippen LogP contribution in [-0.2, 0) is 17.6 Å². The molecule has 2 heterocycles. The van der Waals surface area contributed by atoms with Crippen LogP contribution >= 0.6 is 0 Å². The van der Waals surface area contributed by atoms with Gasteiger partial charge in [0.15, 0.2) is 0 Å². The third-order valence-electron chi connectivity index (χ3n) is 3.63. The summed E-state index contributed by atoms with van der Waals surface area (Å²) in [6.45, 7) is 4.18. The third kappa shape index (κ3) is 4.46. The Hall–Kier alpha value is -3.10. The van der Waals surface area contributed by atoms with Crippen LogP contribution in [0.4, 0.5) is 5.95 Å². The zero-order chi connectivity index (χ0) is 17.6. The van der Waals surface area contributed by atoms with E-state index in [0.717, 1.165) is 17.8 Å². The summed E-state index contributed by atoms with van der Waals surface area (Å²) >= 11 is 0.